The van der Waals surface area contributed by atoms with E-state index in [4.69, 9.17) is 9.47 Å². The molecule has 122 valence electrons. The van der Waals surface area contributed by atoms with E-state index in [0.717, 1.165) is 38.8 Å². The van der Waals surface area contributed by atoms with Crippen molar-refractivity contribution in [2.75, 3.05) is 39.5 Å². The molecule has 0 amide bonds. The number of quaternary nitrogens is 1. The van der Waals surface area contributed by atoms with Crippen LogP contribution in [0.15, 0.2) is 0 Å². The average molecular weight is 298 g/mol. The number of fused-ring (bicyclic) bond motifs is 2. The molecule has 3 fully saturated rings. The molecule has 4 nitrogen and oxygen atoms in total. The van der Waals surface area contributed by atoms with Gasteiger partial charge in [0.2, 0.25) is 0 Å². The molecule has 4 atom stereocenters. The van der Waals surface area contributed by atoms with Gasteiger partial charge in [-0.1, -0.05) is 20.8 Å². The third kappa shape index (κ3) is 2.76. The zero-order valence-electron chi connectivity index (χ0n) is 13.9. The Bertz CT molecular complexity index is 367. The van der Waals surface area contributed by atoms with E-state index < -0.39 is 0 Å². The van der Waals surface area contributed by atoms with Crippen molar-refractivity contribution in [3.05, 3.63) is 0 Å². The third-order valence-electron chi connectivity index (χ3n) is 6.93. The van der Waals surface area contributed by atoms with E-state index in [0.29, 0.717) is 23.5 Å². The number of hydrogen-bond acceptors (Lipinski definition) is 3. The van der Waals surface area contributed by atoms with Gasteiger partial charge in [0.25, 0.3) is 0 Å². The summed E-state index contributed by atoms with van der Waals surface area (Å²) in [5.41, 5.74) is 0.682. The van der Waals surface area contributed by atoms with Gasteiger partial charge in [-0.3, -0.25) is 0 Å². The first-order valence-electron chi connectivity index (χ1n) is 8.64. The Kier molecular flexibility index (Phi) is 4.34. The van der Waals surface area contributed by atoms with Crippen LogP contribution in [0.4, 0.5) is 0 Å². The predicted molar refractivity (Wildman–Crippen MR) is 81.4 cm³/mol. The van der Waals surface area contributed by atoms with Crippen LogP contribution in [0.3, 0.4) is 0 Å². The quantitative estimate of drug-likeness (QED) is 0.776. The van der Waals surface area contributed by atoms with Gasteiger partial charge in [-0.25, -0.2) is 0 Å². The minimum atomic E-state index is -0.344. The average Bonchev–Trinajstić information content (AvgIpc) is 2.79. The number of aliphatic hydroxyl groups excluding tert-OH is 1. The van der Waals surface area contributed by atoms with Crippen molar-refractivity contribution in [1.82, 2.24) is 0 Å². The van der Waals surface area contributed by atoms with Crippen molar-refractivity contribution >= 4 is 0 Å². The lowest BCUT2D eigenvalue weighted by molar-refractivity contribution is -0.911. The van der Waals surface area contributed by atoms with Gasteiger partial charge in [-0.15, -0.1) is 0 Å². The van der Waals surface area contributed by atoms with Crippen LogP contribution < -0.4 is 4.90 Å². The lowest BCUT2D eigenvalue weighted by Crippen LogP contribution is -3.15. The van der Waals surface area contributed by atoms with Gasteiger partial charge < -0.3 is 19.5 Å². The van der Waals surface area contributed by atoms with Crippen LogP contribution in [0, 0.1) is 16.7 Å². The van der Waals surface area contributed by atoms with Crippen LogP contribution in [0.25, 0.3) is 0 Å². The molecule has 1 aliphatic heterocycles. The Morgan fingerprint density at radius 2 is 2.00 bits per heavy atom. The highest BCUT2D eigenvalue weighted by Crippen LogP contribution is 2.66. The number of ether oxygens (including phenoxy) is 2. The summed E-state index contributed by atoms with van der Waals surface area (Å²) < 4.78 is 11.5. The Morgan fingerprint density at radius 1 is 1.29 bits per heavy atom. The van der Waals surface area contributed by atoms with Crippen molar-refractivity contribution in [3.63, 3.8) is 0 Å². The summed E-state index contributed by atoms with van der Waals surface area (Å²) in [7, 11) is 0. The fourth-order valence-electron chi connectivity index (χ4n) is 4.87. The van der Waals surface area contributed by atoms with Crippen LogP contribution in [0.2, 0.25) is 0 Å². The summed E-state index contributed by atoms with van der Waals surface area (Å²) in [5, 5.41) is 10.3. The highest BCUT2D eigenvalue weighted by Gasteiger charge is 2.61. The molecule has 3 rings (SSSR count). The summed E-state index contributed by atoms with van der Waals surface area (Å²) in [6, 6.07) is 0. The summed E-state index contributed by atoms with van der Waals surface area (Å²) >= 11 is 0. The van der Waals surface area contributed by atoms with E-state index in [1.165, 1.54) is 24.2 Å². The minimum absolute atomic E-state index is 0.295. The molecule has 2 saturated carbocycles. The zero-order chi connectivity index (χ0) is 15.1. The molecule has 0 aromatic rings. The Labute approximate surface area is 128 Å². The molecule has 3 aliphatic rings. The molecule has 2 aliphatic carbocycles. The lowest BCUT2D eigenvalue weighted by Gasteiger charge is -2.39. The smallest absolute Gasteiger partial charge is 0.126 e. The second-order valence-corrected chi connectivity index (χ2v) is 8.15. The van der Waals surface area contributed by atoms with Gasteiger partial charge in [-0.2, -0.15) is 0 Å². The standard InChI is InChI=1S/C17H31NO3/c1-16(2)13-4-5-17(16,3)15(10-13)21-12-14(19)11-18-6-8-20-9-7-18/h13-15,19H,4-12H2,1-3H3/p+1. The van der Waals surface area contributed by atoms with Gasteiger partial charge in [0, 0.05) is 0 Å². The third-order valence-corrected chi connectivity index (χ3v) is 6.93. The first kappa shape index (κ1) is 15.7. The van der Waals surface area contributed by atoms with Crippen LogP contribution in [-0.4, -0.2) is 56.8 Å². The van der Waals surface area contributed by atoms with Gasteiger partial charge in [-0.05, 0) is 36.0 Å². The topological polar surface area (TPSA) is 43.1 Å². The molecule has 2 N–H and O–H groups in total. The lowest BCUT2D eigenvalue weighted by atomic mass is 9.70. The maximum atomic E-state index is 10.3. The van der Waals surface area contributed by atoms with Crippen molar-refractivity contribution in [3.8, 4) is 0 Å². The summed E-state index contributed by atoms with van der Waals surface area (Å²) in [6.45, 7) is 12.1. The maximum Gasteiger partial charge on any atom is 0.126 e. The largest absolute Gasteiger partial charge is 0.385 e. The van der Waals surface area contributed by atoms with Gasteiger partial charge >= 0.3 is 0 Å². The summed E-state index contributed by atoms with van der Waals surface area (Å²) in [5.74, 6) is 0.800. The molecule has 2 bridgehead atoms. The molecule has 0 radical (unpaired) electrons. The molecule has 0 spiro atoms. The number of aliphatic hydroxyl groups is 1. The van der Waals surface area contributed by atoms with Crippen LogP contribution in [-0.2, 0) is 9.47 Å². The van der Waals surface area contributed by atoms with E-state index >= 15 is 0 Å². The van der Waals surface area contributed by atoms with Crippen LogP contribution in [0.5, 0.6) is 0 Å². The highest BCUT2D eigenvalue weighted by atomic mass is 16.5. The Hall–Kier alpha value is -0.160. The Morgan fingerprint density at radius 3 is 2.57 bits per heavy atom. The SMILES string of the molecule is CC1(C)C2CCC1(C)C(OCC(O)C[NH+]1CCOCC1)C2. The van der Waals surface area contributed by atoms with E-state index in [2.05, 4.69) is 20.8 Å². The van der Waals surface area contributed by atoms with Crippen LogP contribution >= 0.6 is 0 Å². The Balaban J connectivity index is 1.47. The molecule has 1 heterocycles. The minimum Gasteiger partial charge on any atom is -0.385 e. The van der Waals surface area contributed by atoms with E-state index in [1.54, 1.807) is 0 Å². The van der Waals surface area contributed by atoms with Crippen molar-refractivity contribution < 1.29 is 19.5 Å². The normalized spacial score (nSPS) is 40.6. The first-order chi connectivity index (χ1) is 9.93. The van der Waals surface area contributed by atoms with E-state index in [9.17, 15) is 5.11 Å². The van der Waals surface area contributed by atoms with E-state index in [1.807, 2.05) is 0 Å². The number of rotatable bonds is 5. The monoisotopic (exact) mass is 298 g/mol. The van der Waals surface area contributed by atoms with Crippen molar-refractivity contribution in [2.24, 2.45) is 16.7 Å². The summed E-state index contributed by atoms with van der Waals surface area (Å²) in [4.78, 5) is 1.44. The first-order valence-corrected chi connectivity index (χ1v) is 8.64. The molecular formula is C17H32NO3+. The van der Waals surface area contributed by atoms with Crippen molar-refractivity contribution in [2.45, 2.75) is 52.2 Å². The van der Waals surface area contributed by atoms with Gasteiger partial charge in [0.15, 0.2) is 0 Å². The number of hydrogen-bond donors (Lipinski definition) is 2. The molecular weight excluding hydrogens is 266 g/mol. The predicted octanol–water partition coefficient (Wildman–Crippen LogP) is 0.494. The molecule has 4 unspecified atom stereocenters. The molecule has 4 heteroatoms. The molecule has 21 heavy (non-hydrogen) atoms. The second-order valence-electron chi connectivity index (χ2n) is 8.15. The van der Waals surface area contributed by atoms with Gasteiger partial charge in [0.05, 0.1) is 25.9 Å². The number of morpholine rings is 1. The zero-order valence-corrected chi connectivity index (χ0v) is 13.9. The van der Waals surface area contributed by atoms with Crippen molar-refractivity contribution in [1.29, 1.82) is 0 Å². The van der Waals surface area contributed by atoms with Gasteiger partial charge in [0.1, 0.15) is 25.7 Å². The highest BCUT2D eigenvalue weighted by molar-refractivity contribution is 5.11. The summed E-state index contributed by atoms with van der Waals surface area (Å²) in [6.07, 6.45) is 3.80. The molecule has 0 aromatic carbocycles. The van der Waals surface area contributed by atoms with E-state index in [-0.39, 0.29) is 6.10 Å². The second kappa shape index (κ2) is 5.80. The molecule has 1 saturated heterocycles. The fourth-order valence-corrected chi connectivity index (χ4v) is 4.87. The van der Waals surface area contributed by atoms with Crippen LogP contribution in [0.1, 0.15) is 40.0 Å². The molecule has 0 aromatic heterocycles. The maximum absolute atomic E-state index is 10.3. The number of nitrogens with one attached hydrogen (secondary N) is 1. The fraction of sp³-hybridized carbons (Fsp3) is 1.00.